The van der Waals surface area contributed by atoms with E-state index in [0.29, 0.717) is 5.69 Å². The molecule has 168 valence electrons. The Kier molecular flexibility index (Phi) is 6.88. The van der Waals surface area contributed by atoms with Crippen LogP contribution in [0.3, 0.4) is 0 Å². The molecule has 9 heteroatoms. The van der Waals surface area contributed by atoms with Crippen LogP contribution in [0.15, 0.2) is 53.9 Å². The van der Waals surface area contributed by atoms with Crippen LogP contribution in [0.4, 0.5) is 18.9 Å². The second kappa shape index (κ2) is 9.81. The number of nitrogens with one attached hydrogen (secondary N) is 1. The molecule has 2 aromatic carbocycles. The van der Waals surface area contributed by atoms with Crippen molar-refractivity contribution >= 4 is 22.9 Å². The lowest BCUT2D eigenvalue weighted by molar-refractivity contribution is -0.137. The van der Waals surface area contributed by atoms with Gasteiger partial charge >= 0.3 is 6.18 Å². The second-order valence-electron chi connectivity index (χ2n) is 7.53. The zero-order chi connectivity index (χ0) is 22.6. The predicted molar refractivity (Wildman–Crippen MR) is 117 cm³/mol. The van der Waals surface area contributed by atoms with E-state index in [2.05, 4.69) is 27.3 Å². The molecule has 2 heterocycles. The van der Waals surface area contributed by atoms with Crippen LogP contribution in [0.25, 0.3) is 10.6 Å². The molecule has 1 saturated heterocycles. The maximum atomic E-state index is 12.8. The molecule has 3 aromatic rings. The van der Waals surface area contributed by atoms with Gasteiger partial charge in [0.2, 0.25) is 5.91 Å². The fourth-order valence-corrected chi connectivity index (χ4v) is 4.26. The first-order valence-electron chi connectivity index (χ1n) is 10.2. The SMILES string of the molecule is O=C(Cc1csc(-c2ccc(CN3CCOCC3)cc2)n1)Nc1cccc(C(F)(F)F)c1. The van der Waals surface area contributed by atoms with Crippen molar-refractivity contribution < 1.29 is 22.7 Å². The summed E-state index contributed by atoms with van der Waals surface area (Å²) in [4.78, 5) is 19.1. The van der Waals surface area contributed by atoms with E-state index in [9.17, 15) is 18.0 Å². The molecule has 0 saturated carbocycles. The number of morpholine rings is 1. The molecule has 32 heavy (non-hydrogen) atoms. The molecular formula is C23H22F3N3O2S. The summed E-state index contributed by atoms with van der Waals surface area (Å²) >= 11 is 1.43. The molecule has 0 atom stereocenters. The molecule has 1 fully saturated rings. The van der Waals surface area contributed by atoms with Crippen LogP contribution < -0.4 is 5.32 Å². The van der Waals surface area contributed by atoms with Crippen LogP contribution in [-0.2, 0) is 28.7 Å². The minimum absolute atomic E-state index is 0.0120. The van der Waals surface area contributed by atoms with Crippen LogP contribution >= 0.6 is 11.3 Å². The maximum absolute atomic E-state index is 12.8. The molecule has 0 bridgehead atoms. The lowest BCUT2D eigenvalue weighted by atomic mass is 10.1. The van der Waals surface area contributed by atoms with Crippen molar-refractivity contribution in [3.8, 4) is 10.6 Å². The van der Waals surface area contributed by atoms with Gasteiger partial charge in [0.25, 0.3) is 0 Å². The van der Waals surface area contributed by atoms with Crippen LogP contribution in [0.5, 0.6) is 0 Å². The summed E-state index contributed by atoms with van der Waals surface area (Å²) < 4.78 is 43.9. The first kappa shape index (κ1) is 22.4. The third-order valence-corrected chi connectivity index (χ3v) is 6.02. The van der Waals surface area contributed by atoms with E-state index < -0.39 is 17.6 Å². The molecule has 1 aliphatic rings. The monoisotopic (exact) mass is 461 g/mol. The highest BCUT2D eigenvalue weighted by molar-refractivity contribution is 7.13. The zero-order valence-corrected chi connectivity index (χ0v) is 18.0. The summed E-state index contributed by atoms with van der Waals surface area (Å²) in [6.07, 6.45) is -4.47. The highest BCUT2D eigenvalue weighted by atomic mass is 32.1. The number of carbonyl (C=O) groups is 1. The van der Waals surface area contributed by atoms with Crippen molar-refractivity contribution in [3.05, 3.63) is 70.7 Å². The van der Waals surface area contributed by atoms with Gasteiger partial charge in [0.05, 0.1) is 30.9 Å². The average Bonchev–Trinajstić information content (AvgIpc) is 3.23. The van der Waals surface area contributed by atoms with Crippen molar-refractivity contribution in [1.82, 2.24) is 9.88 Å². The van der Waals surface area contributed by atoms with E-state index in [0.717, 1.165) is 55.6 Å². The second-order valence-corrected chi connectivity index (χ2v) is 8.39. The summed E-state index contributed by atoms with van der Waals surface area (Å²) in [6.45, 7) is 4.27. The third kappa shape index (κ3) is 5.93. The Hall–Kier alpha value is -2.75. The van der Waals surface area contributed by atoms with E-state index >= 15 is 0 Å². The number of rotatable bonds is 6. The number of aromatic nitrogens is 1. The van der Waals surface area contributed by atoms with E-state index in [4.69, 9.17) is 4.74 Å². The van der Waals surface area contributed by atoms with Crippen LogP contribution in [-0.4, -0.2) is 42.1 Å². The van der Waals surface area contributed by atoms with E-state index in [1.807, 2.05) is 12.1 Å². The number of hydrogen-bond acceptors (Lipinski definition) is 5. The number of benzene rings is 2. The zero-order valence-electron chi connectivity index (χ0n) is 17.2. The Morgan fingerprint density at radius 1 is 1.12 bits per heavy atom. The number of halogens is 3. The Bertz CT molecular complexity index is 1060. The van der Waals surface area contributed by atoms with Gasteiger partial charge in [-0.05, 0) is 23.8 Å². The summed E-state index contributed by atoms with van der Waals surface area (Å²) in [5.41, 5.74) is 2.06. The van der Waals surface area contributed by atoms with Crippen LogP contribution in [0.2, 0.25) is 0 Å². The molecule has 1 aromatic heterocycles. The normalized spacial score (nSPS) is 15.0. The molecule has 0 radical (unpaired) electrons. The number of thiazole rings is 1. The molecule has 0 aliphatic carbocycles. The number of hydrogen-bond donors (Lipinski definition) is 1. The van der Waals surface area contributed by atoms with Gasteiger partial charge in [0.15, 0.2) is 0 Å². The minimum atomic E-state index is -4.46. The fourth-order valence-electron chi connectivity index (χ4n) is 3.43. The van der Waals surface area contributed by atoms with Gasteiger partial charge in [-0.1, -0.05) is 30.3 Å². The number of anilines is 1. The van der Waals surface area contributed by atoms with E-state index in [-0.39, 0.29) is 12.1 Å². The Morgan fingerprint density at radius 3 is 2.59 bits per heavy atom. The Labute approximate surface area is 187 Å². The minimum Gasteiger partial charge on any atom is -0.379 e. The first-order valence-corrected chi connectivity index (χ1v) is 11.1. The molecule has 0 spiro atoms. The lowest BCUT2D eigenvalue weighted by Crippen LogP contribution is -2.35. The van der Waals surface area contributed by atoms with Crippen molar-refractivity contribution in [2.24, 2.45) is 0 Å². The summed E-state index contributed by atoms with van der Waals surface area (Å²) in [7, 11) is 0. The predicted octanol–water partition coefficient (Wildman–Crippen LogP) is 4.84. The third-order valence-electron chi connectivity index (χ3n) is 5.08. The smallest absolute Gasteiger partial charge is 0.379 e. The highest BCUT2D eigenvalue weighted by Crippen LogP contribution is 2.31. The van der Waals surface area contributed by atoms with Gasteiger partial charge in [0, 0.05) is 36.3 Å². The number of alkyl halides is 3. The van der Waals surface area contributed by atoms with Crippen molar-refractivity contribution in [2.45, 2.75) is 19.1 Å². The standard InChI is InChI=1S/C23H22F3N3O2S/c24-23(25,26)18-2-1-3-19(12-18)27-21(30)13-20-15-32-22(28-20)17-6-4-16(5-7-17)14-29-8-10-31-11-9-29/h1-7,12,15H,8-11,13-14H2,(H,27,30). The van der Waals surface area contributed by atoms with Gasteiger partial charge in [0.1, 0.15) is 5.01 Å². The van der Waals surface area contributed by atoms with Gasteiger partial charge in [-0.15, -0.1) is 11.3 Å². The molecule has 1 aliphatic heterocycles. The van der Waals surface area contributed by atoms with Gasteiger partial charge in [-0.3, -0.25) is 9.69 Å². The largest absolute Gasteiger partial charge is 0.416 e. The molecular weight excluding hydrogens is 439 g/mol. The average molecular weight is 462 g/mol. The number of carbonyl (C=O) groups excluding carboxylic acids is 1. The van der Waals surface area contributed by atoms with Crippen molar-refractivity contribution in [1.29, 1.82) is 0 Å². The number of nitrogens with zero attached hydrogens (tertiary/aromatic N) is 2. The van der Waals surface area contributed by atoms with Crippen molar-refractivity contribution in [3.63, 3.8) is 0 Å². The Balaban J connectivity index is 1.35. The first-order chi connectivity index (χ1) is 15.4. The van der Waals surface area contributed by atoms with Gasteiger partial charge in [-0.25, -0.2) is 4.98 Å². The van der Waals surface area contributed by atoms with Crippen LogP contribution in [0.1, 0.15) is 16.8 Å². The summed E-state index contributed by atoms with van der Waals surface area (Å²) in [5, 5.41) is 5.10. The topological polar surface area (TPSA) is 54.5 Å². The molecule has 5 nitrogen and oxygen atoms in total. The van der Waals surface area contributed by atoms with Gasteiger partial charge < -0.3 is 10.1 Å². The molecule has 4 rings (SSSR count). The molecule has 1 amide bonds. The summed E-state index contributed by atoms with van der Waals surface area (Å²) in [5.74, 6) is -0.415. The lowest BCUT2D eigenvalue weighted by Gasteiger charge is -2.26. The number of amides is 1. The Morgan fingerprint density at radius 2 is 1.88 bits per heavy atom. The maximum Gasteiger partial charge on any atom is 0.416 e. The van der Waals surface area contributed by atoms with Crippen LogP contribution in [0, 0.1) is 0 Å². The molecule has 1 N–H and O–H groups in total. The van der Waals surface area contributed by atoms with E-state index in [1.165, 1.54) is 29.0 Å². The highest BCUT2D eigenvalue weighted by Gasteiger charge is 2.30. The number of ether oxygens (including phenoxy) is 1. The van der Waals surface area contributed by atoms with E-state index in [1.54, 1.807) is 5.38 Å². The molecule has 0 unspecified atom stereocenters. The quantitative estimate of drug-likeness (QED) is 0.571. The van der Waals surface area contributed by atoms with Gasteiger partial charge in [-0.2, -0.15) is 13.2 Å². The fraction of sp³-hybridized carbons (Fsp3) is 0.304. The summed E-state index contributed by atoms with van der Waals surface area (Å²) in [6, 6.07) is 12.8. The van der Waals surface area contributed by atoms with Crippen molar-refractivity contribution in [2.75, 3.05) is 31.6 Å².